The minimum atomic E-state index is -0.561. The maximum atomic E-state index is 15.1. The number of carbonyl (C=O) groups excluding carboxylic acids is 7. The van der Waals surface area contributed by atoms with Crippen molar-refractivity contribution >= 4 is 41.4 Å². The Morgan fingerprint density at radius 3 is 0.630 bits per heavy atom. The van der Waals surface area contributed by atoms with Crippen molar-refractivity contribution in [1.82, 2.24) is 61.3 Å². The van der Waals surface area contributed by atoms with Crippen molar-refractivity contribution in [3.05, 3.63) is 215 Å². The monoisotopic (exact) mass is 1360 g/mol. The van der Waals surface area contributed by atoms with E-state index in [0.29, 0.717) is 130 Å². The number of primary amides is 1. The van der Waals surface area contributed by atoms with Crippen molar-refractivity contribution < 1.29 is 33.6 Å². The highest BCUT2D eigenvalue weighted by Gasteiger charge is 2.47. The van der Waals surface area contributed by atoms with E-state index in [-0.39, 0.29) is 71.7 Å². The van der Waals surface area contributed by atoms with Crippen LogP contribution in [0.4, 0.5) is 0 Å². The smallest absolute Gasteiger partial charge is 0.237 e. The highest BCUT2D eigenvalue weighted by molar-refractivity contribution is 5.87. The van der Waals surface area contributed by atoms with Crippen molar-refractivity contribution in [3.63, 3.8) is 0 Å². The zero-order valence-electron chi connectivity index (χ0n) is 57.8. The molecule has 20 heteroatoms. The van der Waals surface area contributed by atoms with E-state index in [0.717, 1.165) is 53.5 Å². The molecule has 8 N–H and O–H groups in total. The van der Waals surface area contributed by atoms with Gasteiger partial charge in [0.2, 0.25) is 41.4 Å². The number of benzene rings is 6. The van der Waals surface area contributed by atoms with E-state index < -0.39 is 42.2 Å². The van der Waals surface area contributed by atoms with Crippen LogP contribution in [0.2, 0.25) is 0 Å². The molecule has 20 nitrogen and oxygen atoms in total. The normalized spacial score (nSPS) is 25.9. The first-order valence-electron chi connectivity index (χ1n) is 36.5. The molecule has 0 spiro atoms. The van der Waals surface area contributed by atoms with Crippen molar-refractivity contribution in [3.8, 4) is 0 Å². The van der Waals surface area contributed by atoms with Crippen molar-refractivity contribution in [2.45, 2.75) is 156 Å². The minimum Gasteiger partial charge on any atom is -0.368 e. The molecule has 6 saturated heterocycles. The lowest BCUT2D eigenvalue weighted by molar-refractivity contribution is -0.127. The van der Waals surface area contributed by atoms with Crippen LogP contribution in [-0.4, -0.2) is 222 Å². The minimum absolute atomic E-state index is 0.0994. The Bertz CT molecular complexity index is 3660. The third kappa shape index (κ3) is 19.5. The largest absolute Gasteiger partial charge is 0.368 e. The molecule has 6 aromatic rings. The van der Waals surface area contributed by atoms with Crippen molar-refractivity contribution in [2.75, 3.05) is 78.5 Å². The number of likely N-dealkylation sites (tertiary alicyclic amines) is 6. The van der Waals surface area contributed by atoms with Gasteiger partial charge >= 0.3 is 0 Å². The summed E-state index contributed by atoms with van der Waals surface area (Å²) in [5.41, 5.74) is 12.9. The van der Waals surface area contributed by atoms with Gasteiger partial charge in [-0.1, -0.05) is 182 Å². The SMILES string of the molecule is CC(=O)N[C@H]1C[C@@H](C(=O)N[C@H]2C[C@@H](C(=O)N[C@H]3C[C@@H](C(=O)N[C@H]4C[C@@H](C(=O)N[C@H]5C[C@@H](C(=O)N[C@H]6C[C@@H](C(N)=O)N(CCc7ccccc7)C6)N(CCc6ccccc6)C5)N(CCc5ccccc5)C4)N(CCc4ccccc4)C3)N(CCc3ccccc3)C2)N(CCc2ccccc2)C1. The van der Waals surface area contributed by atoms with E-state index in [4.69, 9.17) is 5.73 Å². The molecule has 0 saturated carbocycles. The molecular weight excluding hydrogens is 1250 g/mol. The fourth-order valence-electron chi connectivity index (χ4n) is 16.5. The number of hydrogen-bond donors (Lipinski definition) is 7. The molecule has 0 aromatic heterocycles. The highest BCUT2D eigenvalue weighted by atomic mass is 16.2. The number of hydrogen-bond acceptors (Lipinski definition) is 13. The van der Waals surface area contributed by atoms with Crippen LogP contribution in [0.25, 0.3) is 0 Å². The molecule has 6 fully saturated rings. The molecule has 0 bridgehead atoms. The first-order chi connectivity index (χ1) is 48.7. The summed E-state index contributed by atoms with van der Waals surface area (Å²) in [5.74, 6) is -1.15. The lowest BCUT2D eigenvalue weighted by Crippen LogP contribution is -2.48. The number of amides is 7. The van der Waals surface area contributed by atoms with Gasteiger partial charge in [-0.3, -0.25) is 63.0 Å². The fourth-order valence-corrected chi connectivity index (χ4v) is 16.5. The van der Waals surface area contributed by atoms with Gasteiger partial charge in [-0.25, -0.2) is 0 Å². The van der Waals surface area contributed by atoms with Crippen LogP contribution in [0.5, 0.6) is 0 Å². The summed E-state index contributed by atoms with van der Waals surface area (Å²) in [6.07, 6.45) is 6.90. The van der Waals surface area contributed by atoms with Crippen LogP contribution in [0.3, 0.4) is 0 Å². The van der Waals surface area contributed by atoms with Crippen LogP contribution in [0.1, 0.15) is 78.8 Å². The fraction of sp³-hybridized carbons (Fsp3) is 0.463. The summed E-state index contributed by atoms with van der Waals surface area (Å²) >= 11 is 0. The Hall–Kier alpha value is -8.63. The summed E-state index contributed by atoms with van der Waals surface area (Å²) in [6.45, 7) is 8.17. The highest BCUT2D eigenvalue weighted by Crippen LogP contribution is 2.29. The standard InChI is InChI=1S/C80H101N13O7/c1-56(94)82-63-45-70(89(50-63)39-33-58-22-10-3-11-23-58)76(96)84-65-47-72(91(52-65)41-35-60-26-14-5-15-27-60)78(98)86-67-49-74(93(54-67)43-37-62-30-18-7-19-31-62)80(100)87-68-48-73(92(55-68)42-36-61-28-16-6-17-29-61)79(99)85-66-46-71(90(53-66)40-34-59-24-12-4-13-25-59)77(97)83-64-44-69(75(81)95)88(51-64)38-32-57-20-8-2-9-21-57/h2-31,63-74H,32-55H2,1H3,(H2,81,95)(H,82,94)(H,83,97)(H,84,96)(H,85,99)(H,86,98)(H,87,100)/t63-,64-,65-,66-,67-,68-,69-,70-,71-,72-,73-,74-/m0/s1. The Kier molecular flexibility index (Phi) is 24.7. The van der Waals surface area contributed by atoms with Crippen LogP contribution >= 0.6 is 0 Å². The Labute approximate surface area is 589 Å². The van der Waals surface area contributed by atoms with Gasteiger partial charge in [-0.05, 0) is 110 Å². The average Bonchev–Trinajstić information content (AvgIpc) is 1.67. The van der Waals surface area contributed by atoms with E-state index in [1.807, 2.05) is 109 Å². The van der Waals surface area contributed by atoms with Gasteiger partial charge in [0, 0.05) is 122 Å². The van der Waals surface area contributed by atoms with E-state index in [1.165, 1.54) is 12.5 Å². The molecule has 0 unspecified atom stereocenters. The first kappa shape index (κ1) is 71.2. The van der Waals surface area contributed by atoms with Gasteiger partial charge in [-0.15, -0.1) is 0 Å². The second-order valence-electron chi connectivity index (χ2n) is 28.7. The summed E-state index contributed by atoms with van der Waals surface area (Å²) in [5, 5.41) is 20.1. The quantitative estimate of drug-likeness (QED) is 0.0334. The molecule has 7 amide bonds. The second kappa shape index (κ2) is 34.6. The summed E-state index contributed by atoms with van der Waals surface area (Å²) in [6, 6.07) is 56.4. The van der Waals surface area contributed by atoms with Crippen LogP contribution in [0.15, 0.2) is 182 Å². The van der Waals surface area contributed by atoms with E-state index >= 15 is 14.4 Å². The van der Waals surface area contributed by atoms with Gasteiger partial charge in [0.1, 0.15) is 0 Å². The van der Waals surface area contributed by atoms with Crippen LogP contribution in [0, 0.1) is 0 Å². The lowest BCUT2D eigenvalue weighted by Gasteiger charge is -2.26. The molecule has 12 atom stereocenters. The predicted octanol–water partition coefficient (Wildman–Crippen LogP) is 4.30. The Balaban J connectivity index is 0.712. The Morgan fingerprint density at radius 2 is 0.450 bits per heavy atom. The molecule has 12 rings (SSSR count). The first-order valence-corrected chi connectivity index (χ1v) is 36.5. The number of nitrogens with one attached hydrogen (secondary N) is 6. The molecular formula is C80H101N13O7. The van der Waals surface area contributed by atoms with Crippen molar-refractivity contribution in [2.24, 2.45) is 5.73 Å². The maximum Gasteiger partial charge on any atom is 0.237 e. The molecule has 0 aliphatic carbocycles. The van der Waals surface area contributed by atoms with Crippen LogP contribution in [-0.2, 0) is 72.1 Å². The second-order valence-corrected chi connectivity index (χ2v) is 28.7. The topological polar surface area (TPSA) is 237 Å². The van der Waals surface area contributed by atoms with E-state index in [2.05, 4.69) is 134 Å². The number of nitrogens with two attached hydrogens (primary N) is 1. The summed E-state index contributed by atoms with van der Waals surface area (Å²) in [7, 11) is 0. The van der Waals surface area contributed by atoms with Gasteiger partial charge in [0.15, 0.2) is 0 Å². The molecule has 6 heterocycles. The summed E-state index contributed by atoms with van der Waals surface area (Å²) < 4.78 is 0. The molecule has 6 aliphatic heterocycles. The molecule has 6 aromatic carbocycles. The number of rotatable bonds is 30. The van der Waals surface area contributed by atoms with Crippen molar-refractivity contribution in [1.29, 1.82) is 0 Å². The summed E-state index contributed by atoms with van der Waals surface area (Å²) in [4.78, 5) is 112. The molecule has 100 heavy (non-hydrogen) atoms. The van der Waals surface area contributed by atoms with E-state index in [9.17, 15) is 19.2 Å². The number of carbonyl (C=O) groups is 7. The average molecular weight is 1360 g/mol. The zero-order valence-corrected chi connectivity index (χ0v) is 57.8. The molecule has 6 aliphatic rings. The number of nitrogens with zero attached hydrogens (tertiary/aromatic N) is 6. The Morgan fingerprint density at radius 1 is 0.280 bits per heavy atom. The van der Waals surface area contributed by atoms with Gasteiger partial charge in [0.05, 0.1) is 36.3 Å². The third-order valence-corrected chi connectivity index (χ3v) is 21.6. The molecule has 0 radical (unpaired) electrons. The van der Waals surface area contributed by atoms with Gasteiger partial charge < -0.3 is 37.6 Å². The van der Waals surface area contributed by atoms with Gasteiger partial charge in [0.25, 0.3) is 0 Å². The zero-order chi connectivity index (χ0) is 69.3. The molecule has 528 valence electrons. The van der Waals surface area contributed by atoms with E-state index in [1.54, 1.807) is 0 Å². The predicted molar refractivity (Wildman–Crippen MR) is 387 cm³/mol. The maximum absolute atomic E-state index is 15.1. The van der Waals surface area contributed by atoms with Crippen LogP contribution < -0.4 is 37.6 Å². The lowest BCUT2D eigenvalue weighted by atomic mass is 10.1. The van der Waals surface area contributed by atoms with Gasteiger partial charge in [-0.2, -0.15) is 0 Å². The third-order valence-electron chi connectivity index (χ3n) is 21.6.